The molecule has 0 bridgehead atoms. The van der Waals surface area contributed by atoms with Gasteiger partial charge in [0.05, 0.1) is 11.5 Å². The number of halogens is 1. The SMILES string of the molecule is I.NC(=NCC1CCC1)NCCCS(=O)(=O)Cc1ccccc1. The number of hydrogen-bond acceptors (Lipinski definition) is 3. The number of benzene rings is 1. The number of rotatable bonds is 8. The van der Waals surface area contributed by atoms with E-state index in [0.29, 0.717) is 24.8 Å². The van der Waals surface area contributed by atoms with Gasteiger partial charge in [0.25, 0.3) is 0 Å². The second-order valence-corrected chi connectivity index (χ2v) is 8.06. The Balaban J connectivity index is 0.00000264. The van der Waals surface area contributed by atoms with Gasteiger partial charge < -0.3 is 11.1 Å². The lowest BCUT2D eigenvalue weighted by molar-refractivity contribution is 0.326. The lowest BCUT2D eigenvalue weighted by Crippen LogP contribution is -2.34. The molecule has 1 fully saturated rings. The molecule has 2 rings (SSSR count). The van der Waals surface area contributed by atoms with E-state index in [1.807, 2.05) is 30.3 Å². The van der Waals surface area contributed by atoms with Gasteiger partial charge in [-0.1, -0.05) is 36.8 Å². The molecule has 23 heavy (non-hydrogen) atoms. The summed E-state index contributed by atoms with van der Waals surface area (Å²) in [5.74, 6) is 1.36. The summed E-state index contributed by atoms with van der Waals surface area (Å²) < 4.78 is 24.0. The fraction of sp³-hybridized carbons (Fsp3) is 0.562. The smallest absolute Gasteiger partial charge is 0.188 e. The summed E-state index contributed by atoms with van der Waals surface area (Å²) in [6.45, 7) is 1.32. The standard InChI is InChI=1S/C16H25N3O2S.HI/c17-16(19-12-14-8-4-9-14)18-10-5-11-22(20,21)13-15-6-2-1-3-7-15;/h1-3,6-7,14H,4-5,8-13H2,(H3,17,18,19);1H. The zero-order valence-electron chi connectivity index (χ0n) is 13.3. The van der Waals surface area contributed by atoms with Crippen molar-refractivity contribution in [1.82, 2.24) is 5.32 Å². The first kappa shape index (κ1) is 20.2. The average Bonchev–Trinajstić information content (AvgIpc) is 2.42. The first-order valence-electron chi connectivity index (χ1n) is 7.83. The molecule has 0 unspecified atom stereocenters. The minimum absolute atomic E-state index is 0. The van der Waals surface area contributed by atoms with Crippen molar-refractivity contribution >= 4 is 39.8 Å². The lowest BCUT2D eigenvalue weighted by atomic mass is 9.86. The molecule has 1 aliphatic carbocycles. The highest BCUT2D eigenvalue weighted by atomic mass is 127. The molecule has 0 aliphatic heterocycles. The van der Waals surface area contributed by atoms with Gasteiger partial charge in [0.15, 0.2) is 15.8 Å². The van der Waals surface area contributed by atoms with E-state index in [2.05, 4.69) is 10.3 Å². The molecule has 0 radical (unpaired) electrons. The molecule has 1 aromatic carbocycles. The van der Waals surface area contributed by atoms with Crippen molar-refractivity contribution in [2.24, 2.45) is 16.6 Å². The van der Waals surface area contributed by atoms with Gasteiger partial charge in [-0.05, 0) is 30.7 Å². The third-order valence-electron chi connectivity index (χ3n) is 3.91. The van der Waals surface area contributed by atoms with Crippen LogP contribution in [0, 0.1) is 5.92 Å². The van der Waals surface area contributed by atoms with Crippen molar-refractivity contribution in [3.63, 3.8) is 0 Å². The minimum Gasteiger partial charge on any atom is -0.370 e. The van der Waals surface area contributed by atoms with Crippen molar-refractivity contribution in [2.75, 3.05) is 18.8 Å². The number of nitrogens with two attached hydrogens (primary N) is 1. The highest BCUT2D eigenvalue weighted by Gasteiger charge is 2.16. The quantitative estimate of drug-likeness (QED) is 0.275. The molecule has 1 saturated carbocycles. The van der Waals surface area contributed by atoms with E-state index in [1.54, 1.807) is 0 Å². The molecule has 0 amide bonds. The maximum absolute atomic E-state index is 12.0. The van der Waals surface area contributed by atoms with Crippen LogP contribution in [0.15, 0.2) is 35.3 Å². The van der Waals surface area contributed by atoms with Crippen molar-refractivity contribution in [3.05, 3.63) is 35.9 Å². The fourth-order valence-corrected chi connectivity index (χ4v) is 3.80. The zero-order chi connectivity index (χ0) is 15.8. The molecule has 130 valence electrons. The van der Waals surface area contributed by atoms with Crippen LogP contribution in [0.2, 0.25) is 0 Å². The van der Waals surface area contributed by atoms with E-state index in [4.69, 9.17) is 5.73 Å². The monoisotopic (exact) mass is 451 g/mol. The molecule has 3 N–H and O–H groups in total. The third-order valence-corrected chi connectivity index (χ3v) is 5.60. The van der Waals surface area contributed by atoms with Crippen molar-refractivity contribution in [1.29, 1.82) is 0 Å². The molecule has 7 heteroatoms. The number of guanidine groups is 1. The Bertz CT molecular complexity index is 587. The second kappa shape index (κ2) is 10.1. The van der Waals surface area contributed by atoms with Gasteiger partial charge >= 0.3 is 0 Å². The van der Waals surface area contributed by atoms with Crippen LogP contribution >= 0.6 is 24.0 Å². The fourth-order valence-electron chi connectivity index (χ4n) is 2.37. The van der Waals surface area contributed by atoms with Crippen molar-refractivity contribution < 1.29 is 8.42 Å². The Hall–Kier alpha value is -0.830. The molecule has 0 atom stereocenters. The summed E-state index contributed by atoms with van der Waals surface area (Å²) in [6.07, 6.45) is 4.32. The summed E-state index contributed by atoms with van der Waals surface area (Å²) in [6, 6.07) is 9.25. The second-order valence-electron chi connectivity index (χ2n) is 5.88. The molecule has 5 nitrogen and oxygen atoms in total. The summed E-state index contributed by atoms with van der Waals surface area (Å²) >= 11 is 0. The largest absolute Gasteiger partial charge is 0.370 e. The van der Waals surface area contributed by atoms with Crippen LogP contribution in [-0.2, 0) is 15.6 Å². The number of sulfone groups is 1. The topological polar surface area (TPSA) is 84.5 Å². The highest BCUT2D eigenvalue weighted by Crippen LogP contribution is 2.26. The third kappa shape index (κ3) is 8.01. The molecule has 1 aromatic rings. The normalized spacial score (nSPS) is 15.6. The van der Waals surface area contributed by atoms with Crippen molar-refractivity contribution in [3.8, 4) is 0 Å². The van der Waals surface area contributed by atoms with Crippen LogP contribution in [0.25, 0.3) is 0 Å². The minimum atomic E-state index is -3.07. The van der Waals surface area contributed by atoms with E-state index in [1.165, 1.54) is 19.3 Å². The Morgan fingerprint density at radius 2 is 1.96 bits per heavy atom. The Kier molecular flexibility index (Phi) is 8.90. The average molecular weight is 451 g/mol. The summed E-state index contributed by atoms with van der Waals surface area (Å²) in [4.78, 5) is 4.28. The summed E-state index contributed by atoms with van der Waals surface area (Å²) in [7, 11) is -3.07. The van der Waals surface area contributed by atoms with Crippen molar-refractivity contribution in [2.45, 2.75) is 31.4 Å². The lowest BCUT2D eigenvalue weighted by Gasteiger charge is -2.23. The predicted molar refractivity (Wildman–Crippen MR) is 106 cm³/mol. The maximum atomic E-state index is 12.0. The van der Waals surface area contributed by atoms with Gasteiger partial charge in [0, 0.05) is 13.1 Å². The van der Waals surface area contributed by atoms with Crippen LogP contribution in [0.5, 0.6) is 0 Å². The van der Waals surface area contributed by atoms with Gasteiger partial charge in [-0.2, -0.15) is 0 Å². The van der Waals surface area contributed by atoms with Crippen LogP contribution < -0.4 is 11.1 Å². The number of aliphatic imine (C=N–C) groups is 1. The van der Waals surface area contributed by atoms with Crippen LogP contribution in [-0.4, -0.2) is 33.2 Å². The molecular weight excluding hydrogens is 425 g/mol. The molecular formula is C16H26IN3O2S. The van der Waals surface area contributed by atoms with Crippen LogP contribution in [0.4, 0.5) is 0 Å². The molecule has 0 heterocycles. The summed E-state index contributed by atoms with van der Waals surface area (Å²) in [5, 5.41) is 2.99. The molecule has 0 spiro atoms. The van der Waals surface area contributed by atoms with Gasteiger partial charge in [0.1, 0.15) is 0 Å². The van der Waals surface area contributed by atoms with Gasteiger partial charge in [0.2, 0.25) is 0 Å². The van der Waals surface area contributed by atoms with E-state index >= 15 is 0 Å². The highest BCUT2D eigenvalue weighted by molar-refractivity contribution is 14.0. The van der Waals surface area contributed by atoms with E-state index < -0.39 is 9.84 Å². The Morgan fingerprint density at radius 1 is 1.26 bits per heavy atom. The maximum Gasteiger partial charge on any atom is 0.188 e. The number of nitrogens with one attached hydrogen (secondary N) is 1. The zero-order valence-corrected chi connectivity index (χ0v) is 16.4. The number of hydrogen-bond donors (Lipinski definition) is 2. The first-order chi connectivity index (χ1) is 10.6. The van der Waals surface area contributed by atoms with Crippen LogP contribution in [0.3, 0.4) is 0 Å². The van der Waals surface area contributed by atoms with Gasteiger partial charge in [-0.3, -0.25) is 4.99 Å². The first-order valence-corrected chi connectivity index (χ1v) is 9.65. The molecule has 0 aromatic heterocycles. The van der Waals surface area contributed by atoms with E-state index in [0.717, 1.165) is 12.1 Å². The Morgan fingerprint density at radius 3 is 2.57 bits per heavy atom. The summed E-state index contributed by atoms with van der Waals surface area (Å²) in [5.41, 5.74) is 6.59. The van der Waals surface area contributed by atoms with Gasteiger partial charge in [-0.25, -0.2) is 8.42 Å². The molecule has 0 saturated heterocycles. The number of nitrogens with zero attached hydrogens (tertiary/aromatic N) is 1. The van der Waals surface area contributed by atoms with Crippen LogP contribution in [0.1, 0.15) is 31.2 Å². The molecule has 1 aliphatic rings. The Labute approximate surface area is 156 Å². The van der Waals surface area contributed by atoms with E-state index in [9.17, 15) is 8.42 Å². The van der Waals surface area contributed by atoms with Gasteiger partial charge in [-0.15, -0.1) is 24.0 Å². The predicted octanol–water partition coefficient (Wildman–Crippen LogP) is 2.31. The van der Waals surface area contributed by atoms with E-state index in [-0.39, 0.29) is 35.5 Å².